The molecular formula is C21H27NO. The molecule has 0 bridgehead atoms. The average molecular weight is 309 g/mol. The van der Waals surface area contributed by atoms with E-state index in [2.05, 4.69) is 48.5 Å². The standard InChI is InChI=1S/C21H27NO/c22-20-8-4-5-9-21(15-14-20)23-16-17-10-12-19(13-11-17)18-6-2-1-3-7-18/h1-3,6-7,10-13,20-21H,4-5,8-9,14-16,22H2. The first-order valence-electron chi connectivity index (χ1n) is 8.83. The summed E-state index contributed by atoms with van der Waals surface area (Å²) < 4.78 is 6.14. The number of nitrogens with two attached hydrogens (primary N) is 1. The van der Waals surface area contributed by atoms with Crippen LogP contribution < -0.4 is 5.73 Å². The van der Waals surface area contributed by atoms with Crippen molar-refractivity contribution in [2.45, 2.75) is 57.3 Å². The fraction of sp³-hybridized carbons (Fsp3) is 0.429. The minimum atomic E-state index is 0.367. The molecule has 0 aliphatic heterocycles. The van der Waals surface area contributed by atoms with Crippen molar-refractivity contribution in [3.63, 3.8) is 0 Å². The highest BCUT2D eigenvalue weighted by Crippen LogP contribution is 2.22. The molecule has 2 aromatic rings. The Balaban J connectivity index is 1.54. The van der Waals surface area contributed by atoms with E-state index in [1.54, 1.807) is 0 Å². The highest BCUT2D eigenvalue weighted by molar-refractivity contribution is 5.63. The van der Waals surface area contributed by atoms with Crippen LogP contribution >= 0.6 is 0 Å². The van der Waals surface area contributed by atoms with Gasteiger partial charge in [0.25, 0.3) is 0 Å². The second-order valence-corrected chi connectivity index (χ2v) is 6.62. The van der Waals surface area contributed by atoms with Crippen LogP contribution in [-0.4, -0.2) is 12.1 Å². The third kappa shape index (κ3) is 4.92. The lowest BCUT2D eigenvalue weighted by atomic mass is 9.95. The van der Waals surface area contributed by atoms with Crippen LogP contribution in [0, 0.1) is 0 Å². The Morgan fingerprint density at radius 3 is 2.26 bits per heavy atom. The molecule has 122 valence electrons. The molecule has 0 heterocycles. The van der Waals surface area contributed by atoms with Crippen molar-refractivity contribution in [2.24, 2.45) is 5.73 Å². The molecule has 1 saturated carbocycles. The molecule has 0 amide bonds. The Labute approximate surface area is 139 Å². The summed E-state index contributed by atoms with van der Waals surface area (Å²) in [5.74, 6) is 0. The second-order valence-electron chi connectivity index (χ2n) is 6.62. The van der Waals surface area contributed by atoms with E-state index in [9.17, 15) is 0 Å². The summed E-state index contributed by atoms with van der Waals surface area (Å²) >= 11 is 0. The van der Waals surface area contributed by atoms with Gasteiger partial charge in [-0.15, -0.1) is 0 Å². The number of rotatable bonds is 4. The van der Waals surface area contributed by atoms with E-state index < -0.39 is 0 Å². The topological polar surface area (TPSA) is 35.2 Å². The van der Waals surface area contributed by atoms with Gasteiger partial charge in [0.1, 0.15) is 0 Å². The van der Waals surface area contributed by atoms with Crippen LogP contribution in [0.25, 0.3) is 11.1 Å². The number of hydrogen-bond donors (Lipinski definition) is 1. The smallest absolute Gasteiger partial charge is 0.0720 e. The molecular weight excluding hydrogens is 282 g/mol. The van der Waals surface area contributed by atoms with Crippen LogP contribution in [-0.2, 0) is 11.3 Å². The van der Waals surface area contributed by atoms with E-state index in [-0.39, 0.29) is 0 Å². The van der Waals surface area contributed by atoms with Gasteiger partial charge in [0.15, 0.2) is 0 Å². The second kappa shape index (κ2) is 8.28. The minimum absolute atomic E-state index is 0.367. The zero-order valence-corrected chi connectivity index (χ0v) is 13.8. The van der Waals surface area contributed by atoms with Crippen LogP contribution in [0.3, 0.4) is 0 Å². The summed E-state index contributed by atoms with van der Waals surface area (Å²) in [6.45, 7) is 0.703. The first-order chi connectivity index (χ1) is 11.3. The molecule has 0 aromatic heterocycles. The molecule has 0 saturated heterocycles. The van der Waals surface area contributed by atoms with E-state index in [0.717, 1.165) is 12.8 Å². The van der Waals surface area contributed by atoms with Gasteiger partial charge in [-0.3, -0.25) is 0 Å². The van der Waals surface area contributed by atoms with Crippen molar-refractivity contribution in [1.29, 1.82) is 0 Å². The van der Waals surface area contributed by atoms with Crippen molar-refractivity contribution in [3.8, 4) is 11.1 Å². The van der Waals surface area contributed by atoms with Gasteiger partial charge in [0, 0.05) is 6.04 Å². The quantitative estimate of drug-likeness (QED) is 0.870. The predicted octanol–water partition coefficient (Wildman–Crippen LogP) is 4.92. The Hall–Kier alpha value is -1.64. The van der Waals surface area contributed by atoms with Crippen molar-refractivity contribution in [3.05, 3.63) is 60.2 Å². The molecule has 2 unspecified atom stereocenters. The van der Waals surface area contributed by atoms with E-state index in [1.807, 2.05) is 6.07 Å². The fourth-order valence-corrected chi connectivity index (χ4v) is 3.27. The molecule has 1 aliphatic rings. The lowest BCUT2D eigenvalue weighted by molar-refractivity contribution is 0.0224. The maximum atomic E-state index is 6.14. The molecule has 23 heavy (non-hydrogen) atoms. The van der Waals surface area contributed by atoms with Crippen LogP contribution in [0.2, 0.25) is 0 Å². The first kappa shape index (κ1) is 16.2. The lowest BCUT2D eigenvalue weighted by Gasteiger charge is -2.23. The molecule has 2 heteroatoms. The summed E-state index contributed by atoms with van der Waals surface area (Å²) in [6.07, 6.45) is 7.40. The fourth-order valence-electron chi connectivity index (χ4n) is 3.27. The maximum absolute atomic E-state index is 6.14. The normalized spacial score (nSPS) is 22.3. The summed E-state index contributed by atoms with van der Waals surface area (Å²) in [6, 6.07) is 19.6. The van der Waals surface area contributed by atoms with Crippen LogP contribution in [0.4, 0.5) is 0 Å². The predicted molar refractivity (Wildman–Crippen MR) is 96.1 cm³/mol. The van der Waals surface area contributed by atoms with Crippen LogP contribution in [0.1, 0.15) is 44.1 Å². The largest absolute Gasteiger partial charge is 0.374 e. The highest BCUT2D eigenvalue weighted by atomic mass is 16.5. The number of hydrogen-bond acceptors (Lipinski definition) is 2. The van der Waals surface area contributed by atoms with Gasteiger partial charge in [-0.05, 0) is 42.4 Å². The van der Waals surface area contributed by atoms with Crippen LogP contribution in [0.5, 0.6) is 0 Å². The molecule has 3 rings (SSSR count). The van der Waals surface area contributed by atoms with Gasteiger partial charge in [0.05, 0.1) is 12.7 Å². The van der Waals surface area contributed by atoms with Gasteiger partial charge in [-0.2, -0.15) is 0 Å². The van der Waals surface area contributed by atoms with Gasteiger partial charge in [-0.1, -0.05) is 67.4 Å². The van der Waals surface area contributed by atoms with Crippen molar-refractivity contribution >= 4 is 0 Å². The first-order valence-corrected chi connectivity index (χ1v) is 8.83. The van der Waals surface area contributed by atoms with Crippen molar-refractivity contribution in [2.75, 3.05) is 0 Å². The monoisotopic (exact) mass is 309 g/mol. The van der Waals surface area contributed by atoms with Crippen molar-refractivity contribution in [1.82, 2.24) is 0 Å². The third-order valence-corrected chi connectivity index (χ3v) is 4.76. The molecule has 0 spiro atoms. The van der Waals surface area contributed by atoms with E-state index in [0.29, 0.717) is 18.8 Å². The zero-order chi connectivity index (χ0) is 15.9. The molecule has 2 nitrogen and oxygen atoms in total. The van der Waals surface area contributed by atoms with E-state index in [1.165, 1.54) is 42.4 Å². The number of benzene rings is 2. The molecule has 2 atom stereocenters. The van der Waals surface area contributed by atoms with Gasteiger partial charge >= 0.3 is 0 Å². The van der Waals surface area contributed by atoms with E-state index >= 15 is 0 Å². The minimum Gasteiger partial charge on any atom is -0.374 e. The Morgan fingerprint density at radius 2 is 1.48 bits per heavy atom. The Bertz CT molecular complexity index is 579. The van der Waals surface area contributed by atoms with Crippen molar-refractivity contribution < 1.29 is 4.74 Å². The zero-order valence-electron chi connectivity index (χ0n) is 13.8. The van der Waals surface area contributed by atoms with Gasteiger partial charge < -0.3 is 10.5 Å². The maximum Gasteiger partial charge on any atom is 0.0720 e. The SMILES string of the molecule is NC1CCCCC(OCc2ccc(-c3ccccc3)cc2)CC1. The van der Waals surface area contributed by atoms with Gasteiger partial charge in [-0.25, -0.2) is 0 Å². The van der Waals surface area contributed by atoms with Gasteiger partial charge in [0.2, 0.25) is 0 Å². The lowest BCUT2D eigenvalue weighted by Crippen LogP contribution is -2.25. The summed E-state index contributed by atoms with van der Waals surface area (Å²) in [7, 11) is 0. The molecule has 0 radical (unpaired) electrons. The summed E-state index contributed by atoms with van der Waals surface area (Å²) in [5, 5.41) is 0. The Morgan fingerprint density at radius 1 is 0.783 bits per heavy atom. The Kier molecular flexibility index (Phi) is 5.84. The summed E-state index contributed by atoms with van der Waals surface area (Å²) in [4.78, 5) is 0. The highest BCUT2D eigenvalue weighted by Gasteiger charge is 2.15. The average Bonchev–Trinajstić information content (AvgIpc) is 2.59. The molecule has 2 aromatic carbocycles. The summed E-state index contributed by atoms with van der Waals surface area (Å²) in [5.41, 5.74) is 9.85. The number of ether oxygens (including phenoxy) is 1. The van der Waals surface area contributed by atoms with Crippen LogP contribution in [0.15, 0.2) is 54.6 Å². The molecule has 2 N–H and O–H groups in total. The van der Waals surface area contributed by atoms with E-state index in [4.69, 9.17) is 10.5 Å². The molecule has 1 aliphatic carbocycles. The third-order valence-electron chi connectivity index (χ3n) is 4.76. The molecule has 1 fully saturated rings.